The molecule has 2 fully saturated rings. The zero-order valence-corrected chi connectivity index (χ0v) is 22.2. The van der Waals surface area contributed by atoms with Gasteiger partial charge in [0.15, 0.2) is 5.96 Å². The van der Waals surface area contributed by atoms with Crippen LogP contribution in [0.1, 0.15) is 17.6 Å². The van der Waals surface area contributed by atoms with Gasteiger partial charge in [-0.05, 0) is 31.2 Å². The number of ether oxygens (including phenoxy) is 2. The fraction of sp³-hybridized carbons (Fsp3) is 0.542. The zero-order valence-electron chi connectivity index (χ0n) is 19.8. The molecular weight excluding hydrogens is 533 g/mol. The summed E-state index contributed by atoms with van der Waals surface area (Å²) in [5.41, 5.74) is 1.15. The highest BCUT2D eigenvalue weighted by Crippen LogP contribution is 2.28. The van der Waals surface area contributed by atoms with E-state index < -0.39 is 0 Å². The number of halogens is 1. The highest BCUT2D eigenvalue weighted by atomic mass is 127. The number of rotatable bonds is 6. The molecule has 0 spiro atoms. The fourth-order valence-electron chi connectivity index (χ4n) is 4.50. The summed E-state index contributed by atoms with van der Waals surface area (Å²) >= 11 is 0. The third-order valence-corrected chi connectivity index (χ3v) is 6.25. The van der Waals surface area contributed by atoms with E-state index in [1.54, 1.807) is 7.11 Å². The highest BCUT2D eigenvalue weighted by Gasteiger charge is 2.27. The van der Waals surface area contributed by atoms with Crippen LogP contribution in [-0.2, 0) is 4.74 Å². The number of aryl methyl sites for hydroxylation is 1. The minimum Gasteiger partial charge on any atom is -0.495 e. The molecule has 0 radical (unpaired) electrons. The van der Waals surface area contributed by atoms with Gasteiger partial charge in [0.05, 0.1) is 32.1 Å². The minimum atomic E-state index is 0. The second kappa shape index (κ2) is 12.5. The molecule has 33 heavy (non-hydrogen) atoms. The van der Waals surface area contributed by atoms with Crippen molar-refractivity contribution < 1.29 is 13.9 Å². The molecule has 2 aliphatic rings. The molecule has 3 heterocycles. The number of para-hydroxylation sites is 2. The van der Waals surface area contributed by atoms with E-state index >= 15 is 0 Å². The van der Waals surface area contributed by atoms with E-state index in [0.717, 1.165) is 87.9 Å². The molecule has 0 aliphatic carbocycles. The lowest BCUT2D eigenvalue weighted by Gasteiger charge is -2.39. The summed E-state index contributed by atoms with van der Waals surface area (Å²) in [6.45, 7) is 9.71. The predicted molar refractivity (Wildman–Crippen MR) is 142 cm³/mol. The number of furan rings is 1. The smallest absolute Gasteiger partial charge is 0.193 e. The number of hydrogen-bond acceptors (Lipinski definition) is 6. The zero-order chi connectivity index (χ0) is 22.3. The van der Waals surface area contributed by atoms with Crippen molar-refractivity contribution >= 4 is 35.6 Å². The second-order valence-corrected chi connectivity index (χ2v) is 8.19. The van der Waals surface area contributed by atoms with Crippen molar-refractivity contribution in [3.05, 3.63) is 47.9 Å². The van der Waals surface area contributed by atoms with Gasteiger partial charge in [-0.1, -0.05) is 12.1 Å². The van der Waals surface area contributed by atoms with Crippen LogP contribution in [0.4, 0.5) is 5.69 Å². The Balaban J connectivity index is 0.00000306. The summed E-state index contributed by atoms with van der Waals surface area (Å²) in [5.74, 6) is 3.79. The molecule has 182 valence electrons. The number of anilines is 1. The van der Waals surface area contributed by atoms with E-state index in [4.69, 9.17) is 13.9 Å². The molecule has 1 atom stereocenters. The largest absolute Gasteiger partial charge is 0.495 e. The van der Waals surface area contributed by atoms with Gasteiger partial charge in [-0.25, -0.2) is 0 Å². The molecule has 1 N–H and O–H groups in total. The number of aliphatic imine (C=N–C) groups is 1. The summed E-state index contributed by atoms with van der Waals surface area (Å²) in [7, 11) is 3.59. The Morgan fingerprint density at radius 3 is 2.42 bits per heavy atom. The maximum absolute atomic E-state index is 6.00. The number of morpholine rings is 1. The number of piperazine rings is 1. The van der Waals surface area contributed by atoms with Gasteiger partial charge < -0.3 is 29.0 Å². The van der Waals surface area contributed by atoms with Crippen LogP contribution in [0.15, 0.2) is 45.8 Å². The van der Waals surface area contributed by atoms with Crippen LogP contribution in [0.5, 0.6) is 5.75 Å². The lowest BCUT2D eigenvalue weighted by atomic mass is 10.1. The van der Waals surface area contributed by atoms with Crippen molar-refractivity contribution in [2.45, 2.75) is 13.0 Å². The van der Waals surface area contributed by atoms with Gasteiger partial charge in [0.1, 0.15) is 17.3 Å². The third-order valence-electron chi connectivity index (χ3n) is 6.25. The number of methoxy groups -OCH3 is 1. The Bertz CT molecular complexity index is 892. The van der Waals surface area contributed by atoms with E-state index in [1.165, 1.54) is 0 Å². The van der Waals surface area contributed by atoms with Gasteiger partial charge in [0.25, 0.3) is 0 Å². The average molecular weight is 569 g/mol. The first kappa shape index (κ1) is 25.6. The molecule has 9 heteroatoms. The molecule has 8 nitrogen and oxygen atoms in total. The van der Waals surface area contributed by atoms with Crippen LogP contribution in [0, 0.1) is 6.92 Å². The van der Waals surface area contributed by atoms with Crippen molar-refractivity contribution in [1.82, 2.24) is 15.1 Å². The Morgan fingerprint density at radius 1 is 1.06 bits per heavy atom. The van der Waals surface area contributed by atoms with Crippen LogP contribution >= 0.6 is 24.0 Å². The summed E-state index contributed by atoms with van der Waals surface area (Å²) in [6, 6.07) is 12.5. The monoisotopic (exact) mass is 569 g/mol. The lowest BCUT2D eigenvalue weighted by molar-refractivity contribution is 0.0123. The van der Waals surface area contributed by atoms with E-state index in [-0.39, 0.29) is 30.0 Å². The molecule has 4 rings (SSSR count). The van der Waals surface area contributed by atoms with Crippen molar-refractivity contribution in [3.8, 4) is 5.75 Å². The first-order valence-electron chi connectivity index (χ1n) is 11.4. The van der Waals surface area contributed by atoms with Gasteiger partial charge in [0.2, 0.25) is 0 Å². The molecule has 2 saturated heterocycles. The molecular formula is C24H36IN5O3. The van der Waals surface area contributed by atoms with Gasteiger partial charge in [-0.2, -0.15) is 0 Å². The predicted octanol–water partition coefficient (Wildman–Crippen LogP) is 2.99. The Labute approximate surface area is 213 Å². The van der Waals surface area contributed by atoms with Gasteiger partial charge in [0, 0.05) is 52.9 Å². The van der Waals surface area contributed by atoms with Gasteiger partial charge in [-0.3, -0.25) is 9.89 Å². The number of hydrogen-bond donors (Lipinski definition) is 1. The summed E-state index contributed by atoms with van der Waals surface area (Å²) in [5, 5.41) is 3.61. The number of nitrogens with one attached hydrogen (secondary N) is 1. The molecule has 1 aromatic carbocycles. The maximum Gasteiger partial charge on any atom is 0.193 e. The van der Waals surface area contributed by atoms with Crippen LogP contribution < -0.4 is 15.0 Å². The molecule has 2 aromatic rings. The first-order chi connectivity index (χ1) is 15.7. The summed E-state index contributed by atoms with van der Waals surface area (Å²) < 4.78 is 17.1. The van der Waals surface area contributed by atoms with Gasteiger partial charge >= 0.3 is 0 Å². The topological polar surface area (TPSA) is 65.7 Å². The lowest BCUT2D eigenvalue weighted by Crippen LogP contribution is -2.54. The van der Waals surface area contributed by atoms with Crippen LogP contribution in [0.2, 0.25) is 0 Å². The number of benzene rings is 1. The fourth-order valence-corrected chi connectivity index (χ4v) is 4.50. The standard InChI is InChI=1S/C24H35N5O3.HI/c1-19-8-9-23(32-19)21(28-14-16-31-17-15-28)18-26-24(25-2)29-12-10-27(11-13-29)20-6-4-5-7-22(20)30-3;/h4-9,21H,10-18H2,1-3H3,(H,25,26);1H. The molecule has 0 saturated carbocycles. The van der Waals surface area contributed by atoms with Crippen molar-refractivity contribution in [3.63, 3.8) is 0 Å². The van der Waals surface area contributed by atoms with Crippen LogP contribution in [0.25, 0.3) is 0 Å². The third kappa shape index (κ3) is 6.33. The van der Waals surface area contributed by atoms with Crippen LogP contribution in [0.3, 0.4) is 0 Å². The summed E-state index contributed by atoms with van der Waals surface area (Å²) in [6.07, 6.45) is 0. The Kier molecular flexibility index (Phi) is 9.69. The Hall–Kier alpha value is -1.98. The second-order valence-electron chi connectivity index (χ2n) is 8.19. The van der Waals surface area contributed by atoms with Gasteiger partial charge in [-0.15, -0.1) is 24.0 Å². The molecule has 1 aromatic heterocycles. The van der Waals surface area contributed by atoms with Crippen molar-refractivity contribution in [2.24, 2.45) is 4.99 Å². The minimum absolute atomic E-state index is 0. The molecule has 0 amide bonds. The van der Waals surface area contributed by atoms with E-state index in [0.29, 0.717) is 0 Å². The summed E-state index contributed by atoms with van der Waals surface area (Å²) in [4.78, 5) is 11.7. The molecule has 1 unspecified atom stereocenters. The Morgan fingerprint density at radius 2 is 1.79 bits per heavy atom. The molecule has 2 aliphatic heterocycles. The maximum atomic E-state index is 6.00. The van der Waals surface area contributed by atoms with E-state index in [9.17, 15) is 0 Å². The normalized spacial score (nSPS) is 18.6. The number of guanidine groups is 1. The number of nitrogens with zero attached hydrogens (tertiary/aromatic N) is 4. The van der Waals surface area contributed by atoms with Crippen molar-refractivity contribution in [2.75, 3.05) is 78.1 Å². The highest BCUT2D eigenvalue weighted by molar-refractivity contribution is 14.0. The van der Waals surface area contributed by atoms with E-state index in [2.05, 4.69) is 43.2 Å². The van der Waals surface area contributed by atoms with Crippen LogP contribution in [-0.4, -0.2) is 88.9 Å². The van der Waals surface area contributed by atoms with E-state index in [1.807, 2.05) is 32.2 Å². The quantitative estimate of drug-likeness (QED) is 0.326. The average Bonchev–Trinajstić information content (AvgIpc) is 3.28. The first-order valence-corrected chi connectivity index (χ1v) is 11.4. The molecule has 0 bridgehead atoms. The van der Waals surface area contributed by atoms with Crippen molar-refractivity contribution in [1.29, 1.82) is 0 Å². The SMILES string of the molecule is CN=C(NCC(c1ccc(C)o1)N1CCOCC1)N1CCN(c2ccccc2OC)CC1.I.